The lowest BCUT2D eigenvalue weighted by Crippen LogP contribution is -2.27. The van der Waals surface area contributed by atoms with Crippen molar-refractivity contribution >= 4 is 15.7 Å². The number of nitrogens with zero attached hydrogens (tertiary/aromatic N) is 4. The van der Waals surface area contributed by atoms with Crippen molar-refractivity contribution < 1.29 is 21.6 Å². The average molecular weight is 543 g/mol. The molecule has 0 aliphatic rings. The summed E-state index contributed by atoms with van der Waals surface area (Å²) >= 11 is 0. The van der Waals surface area contributed by atoms with E-state index in [0.29, 0.717) is 29.8 Å². The van der Waals surface area contributed by atoms with E-state index in [-0.39, 0.29) is 39.8 Å². The minimum Gasteiger partial charge on any atom is -0.414 e. The molecule has 0 spiro atoms. The third-order valence-electron chi connectivity index (χ3n) is 6.16. The van der Waals surface area contributed by atoms with Crippen molar-refractivity contribution in [2.24, 2.45) is 0 Å². The van der Waals surface area contributed by atoms with Crippen LogP contribution in [0.5, 0.6) is 0 Å². The molecule has 0 bridgehead atoms. The van der Waals surface area contributed by atoms with Gasteiger partial charge in [-0.2, -0.15) is 0 Å². The highest BCUT2D eigenvalue weighted by molar-refractivity contribution is 7.92. The van der Waals surface area contributed by atoms with Crippen LogP contribution >= 0.6 is 0 Å². The SMILES string of the molecule is CCC(C)S(=O)(=O)c1ccc(-c2cnc(N)c(-c3nnc(-c4ccc(CNC(C)CF)cc4F)o3)n2)cc1. The number of rotatable bonds is 10. The number of sulfone groups is 1. The van der Waals surface area contributed by atoms with Gasteiger partial charge in [0.1, 0.15) is 12.5 Å². The lowest BCUT2D eigenvalue weighted by Gasteiger charge is -2.11. The smallest absolute Gasteiger partial charge is 0.270 e. The number of anilines is 1. The van der Waals surface area contributed by atoms with Gasteiger partial charge in [-0.1, -0.05) is 25.1 Å². The molecule has 4 aromatic rings. The van der Waals surface area contributed by atoms with Crippen LogP contribution in [0.25, 0.3) is 34.3 Å². The number of aromatic nitrogens is 4. The molecule has 2 unspecified atom stereocenters. The fraction of sp³-hybridized carbons (Fsp3) is 0.308. The van der Waals surface area contributed by atoms with Crippen molar-refractivity contribution in [3.05, 3.63) is 60.0 Å². The van der Waals surface area contributed by atoms with E-state index < -0.39 is 27.6 Å². The van der Waals surface area contributed by atoms with Crippen LogP contribution in [0.1, 0.15) is 32.8 Å². The summed E-state index contributed by atoms with van der Waals surface area (Å²) in [5, 5.41) is 10.4. The van der Waals surface area contributed by atoms with Crippen molar-refractivity contribution in [3.8, 4) is 34.3 Å². The Morgan fingerprint density at radius 2 is 1.79 bits per heavy atom. The molecule has 12 heteroatoms. The van der Waals surface area contributed by atoms with Gasteiger partial charge in [0.25, 0.3) is 11.8 Å². The van der Waals surface area contributed by atoms with E-state index in [1.54, 1.807) is 32.0 Å². The zero-order chi connectivity index (χ0) is 27.4. The molecule has 0 aliphatic heterocycles. The first kappa shape index (κ1) is 27.3. The number of hydrogen-bond acceptors (Lipinski definition) is 9. The zero-order valence-electron chi connectivity index (χ0n) is 21.1. The number of nitrogen functional groups attached to an aromatic ring is 1. The molecule has 0 saturated carbocycles. The van der Waals surface area contributed by atoms with Crippen LogP contribution in [0.3, 0.4) is 0 Å². The van der Waals surface area contributed by atoms with Crippen molar-refractivity contribution in [3.63, 3.8) is 0 Å². The Labute approximate surface area is 219 Å². The third kappa shape index (κ3) is 5.70. The molecule has 2 heterocycles. The van der Waals surface area contributed by atoms with E-state index in [0.717, 1.165) is 0 Å². The Balaban J connectivity index is 1.59. The van der Waals surface area contributed by atoms with Gasteiger partial charge in [0, 0.05) is 18.2 Å². The summed E-state index contributed by atoms with van der Waals surface area (Å²) in [6.07, 6.45) is 1.96. The van der Waals surface area contributed by atoms with Crippen LogP contribution in [-0.4, -0.2) is 46.5 Å². The monoisotopic (exact) mass is 542 g/mol. The molecule has 0 fully saturated rings. The molecular weight excluding hydrogens is 514 g/mol. The number of halogens is 2. The molecule has 0 amide bonds. The Morgan fingerprint density at radius 3 is 2.45 bits per heavy atom. The Morgan fingerprint density at radius 1 is 1.08 bits per heavy atom. The highest BCUT2D eigenvalue weighted by atomic mass is 32.2. The quantitative estimate of drug-likeness (QED) is 0.294. The standard InChI is InChI=1S/C26H28F2N6O3S/c1-4-16(3)38(35,36)19-8-6-18(7-9-19)22-14-31-24(29)23(32-22)26-34-33-25(37-26)20-10-5-17(11-21(20)28)13-30-15(2)12-27/h5-11,14-16,30H,4,12-13H2,1-3H3,(H2,29,31). The predicted octanol–water partition coefficient (Wildman–Crippen LogP) is 4.60. The average Bonchev–Trinajstić information content (AvgIpc) is 3.41. The minimum atomic E-state index is -3.42. The number of benzene rings is 2. The summed E-state index contributed by atoms with van der Waals surface area (Å²) < 4.78 is 58.3. The van der Waals surface area contributed by atoms with Gasteiger partial charge in [-0.15, -0.1) is 10.2 Å². The van der Waals surface area contributed by atoms with Gasteiger partial charge in [0.2, 0.25) is 0 Å². The Hall–Kier alpha value is -3.77. The highest BCUT2D eigenvalue weighted by Crippen LogP contribution is 2.30. The first-order valence-electron chi connectivity index (χ1n) is 12.0. The molecule has 0 aliphatic carbocycles. The topological polar surface area (TPSA) is 137 Å². The van der Waals surface area contributed by atoms with Gasteiger partial charge in [-0.3, -0.25) is 0 Å². The van der Waals surface area contributed by atoms with E-state index >= 15 is 0 Å². The van der Waals surface area contributed by atoms with Crippen molar-refractivity contribution in [1.82, 2.24) is 25.5 Å². The second kappa shape index (κ2) is 11.3. The van der Waals surface area contributed by atoms with Crippen molar-refractivity contribution in [1.29, 1.82) is 0 Å². The summed E-state index contributed by atoms with van der Waals surface area (Å²) in [6, 6.07) is 10.5. The first-order valence-corrected chi connectivity index (χ1v) is 13.6. The van der Waals surface area contributed by atoms with Crippen LogP contribution < -0.4 is 11.1 Å². The summed E-state index contributed by atoms with van der Waals surface area (Å²) in [4.78, 5) is 8.86. The van der Waals surface area contributed by atoms with Crippen LogP contribution in [0.15, 0.2) is 58.0 Å². The van der Waals surface area contributed by atoms with E-state index in [9.17, 15) is 17.2 Å². The molecule has 4 rings (SSSR count). The fourth-order valence-electron chi connectivity index (χ4n) is 3.58. The Bertz CT molecular complexity index is 1530. The molecule has 3 N–H and O–H groups in total. The van der Waals surface area contributed by atoms with Gasteiger partial charge in [0.05, 0.1) is 27.6 Å². The highest BCUT2D eigenvalue weighted by Gasteiger charge is 2.22. The van der Waals surface area contributed by atoms with E-state index in [1.807, 2.05) is 6.92 Å². The first-order chi connectivity index (χ1) is 18.1. The maximum absolute atomic E-state index is 14.8. The number of nitrogens with one attached hydrogen (secondary N) is 1. The molecule has 0 saturated heterocycles. The number of alkyl halides is 1. The number of hydrogen-bond donors (Lipinski definition) is 2. The fourth-order valence-corrected chi connectivity index (χ4v) is 5.00. The summed E-state index contributed by atoms with van der Waals surface area (Å²) in [7, 11) is -3.42. The van der Waals surface area contributed by atoms with Crippen LogP contribution in [0.4, 0.5) is 14.6 Å². The Kier molecular flexibility index (Phi) is 8.12. The van der Waals surface area contributed by atoms with Crippen LogP contribution in [-0.2, 0) is 16.4 Å². The zero-order valence-corrected chi connectivity index (χ0v) is 22.0. The van der Waals surface area contributed by atoms with Crippen molar-refractivity contribution in [2.75, 3.05) is 12.4 Å². The lowest BCUT2D eigenvalue weighted by molar-refractivity contribution is 0.391. The van der Waals surface area contributed by atoms with E-state index in [1.165, 1.54) is 30.5 Å². The second-order valence-corrected chi connectivity index (χ2v) is 11.3. The molecule has 200 valence electrons. The maximum Gasteiger partial charge on any atom is 0.270 e. The molecule has 9 nitrogen and oxygen atoms in total. The van der Waals surface area contributed by atoms with Gasteiger partial charge in [-0.05, 0) is 50.1 Å². The maximum atomic E-state index is 14.8. The van der Waals surface area contributed by atoms with Gasteiger partial charge in [-0.25, -0.2) is 27.2 Å². The molecular formula is C26H28F2N6O3S. The van der Waals surface area contributed by atoms with Gasteiger partial charge < -0.3 is 15.5 Å². The van der Waals surface area contributed by atoms with Gasteiger partial charge >= 0.3 is 0 Å². The largest absolute Gasteiger partial charge is 0.414 e. The third-order valence-corrected chi connectivity index (χ3v) is 8.48. The molecule has 2 aromatic heterocycles. The van der Waals surface area contributed by atoms with Crippen LogP contribution in [0, 0.1) is 5.82 Å². The predicted molar refractivity (Wildman–Crippen MR) is 140 cm³/mol. The minimum absolute atomic E-state index is 0.0313. The summed E-state index contributed by atoms with van der Waals surface area (Å²) in [5.41, 5.74) is 7.86. The normalized spacial score (nSPS) is 13.4. The molecule has 2 aromatic carbocycles. The number of nitrogens with two attached hydrogens (primary N) is 1. The van der Waals surface area contributed by atoms with Crippen molar-refractivity contribution in [2.45, 2.75) is 49.9 Å². The summed E-state index contributed by atoms with van der Waals surface area (Å²) in [5.74, 6) is -0.665. The molecule has 0 radical (unpaired) electrons. The van der Waals surface area contributed by atoms with Gasteiger partial charge in [0.15, 0.2) is 21.3 Å². The molecule has 38 heavy (non-hydrogen) atoms. The van der Waals surface area contributed by atoms with Crippen LogP contribution in [0.2, 0.25) is 0 Å². The molecule has 2 atom stereocenters. The van der Waals surface area contributed by atoms with E-state index in [2.05, 4.69) is 25.5 Å². The van der Waals surface area contributed by atoms with E-state index in [4.69, 9.17) is 10.2 Å². The lowest BCUT2D eigenvalue weighted by atomic mass is 10.1. The summed E-state index contributed by atoms with van der Waals surface area (Å²) in [6.45, 7) is 4.97. The second-order valence-electron chi connectivity index (χ2n) is 8.94.